The SMILES string of the molecule is Cc1cc(NC(=O)COC(=O)[C@H](Cc2ccccc2)NC(=O)c2ccccc2)no1. The van der Waals surface area contributed by atoms with Crippen LogP contribution in [0.2, 0.25) is 0 Å². The van der Waals surface area contributed by atoms with Gasteiger partial charge in [0.2, 0.25) is 0 Å². The first-order valence-electron chi connectivity index (χ1n) is 9.31. The summed E-state index contributed by atoms with van der Waals surface area (Å²) in [5, 5.41) is 8.79. The summed E-state index contributed by atoms with van der Waals surface area (Å²) in [5.41, 5.74) is 1.26. The molecule has 2 aromatic carbocycles. The van der Waals surface area contributed by atoms with Crippen molar-refractivity contribution in [3.63, 3.8) is 0 Å². The Hall–Kier alpha value is -3.94. The molecule has 0 saturated heterocycles. The van der Waals surface area contributed by atoms with Crippen LogP contribution in [0.4, 0.5) is 5.82 Å². The quantitative estimate of drug-likeness (QED) is 0.555. The van der Waals surface area contributed by atoms with Crippen molar-refractivity contribution in [2.45, 2.75) is 19.4 Å². The molecule has 0 spiro atoms. The van der Waals surface area contributed by atoms with Crippen LogP contribution < -0.4 is 10.6 Å². The number of esters is 1. The number of ether oxygens (including phenoxy) is 1. The molecule has 1 atom stereocenters. The summed E-state index contributed by atoms with van der Waals surface area (Å²) in [6, 6.07) is 18.3. The molecular formula is C22H21N3O5. The molecule has 0 aliphatic rings. The second-order valence-corrected chi connectivity index (χ2v) is 6.56. The van der Waals surface area contributed by atoms with Crippen LogP contribution >= 0.6 is 0 Å². The molecule has 1 aromatic heterocycles. The average molecular weight is 407 g/mol. The number of carbonyl (C=O) groups is 3. The fourth-order valence-electron chi connectivity index (χ4n) is 2.72. The largest absolute Gasteiger partial charge is 0.454 e. The lowest BCUT2D eigenvalue weighted by molar-refractivity contribution is -0.149. The van der Waals surface area contributed by atoms with Crippen LogP contribution in [0.5, 0.6) is 0 Å². The third-order valence-corrected chi connectivity index (χ3v) is 4.15. The van der Waals surface area contributed by atoms with Crippen molar-refractivity contribution >= 4 is 23.6 Å². The van der Waals surface area contributed by atoms with Gasteiger partial charge >= 0.3 is 5.97 Å². The zero-order valence-corrected chi connectivity index (χ0v) is 16.3. The number of carbonyl (C=O) groups excluding carboxylic acids is 3. The fraction of sp³-hybridized carbons (Fsp3) is 0.182. The molecule has 2 amide bonds. The Kier molecular flexibility index (Phi) is 6.94. The second-order valence-electron chi connectivity index (χ2n) is 6.56. The van der Waals surface area contributed by atoms with Crippen LogP contribution in [0.1, 0.15) is 21.7 Å². The Morgan fingerprint density at radius 3 is 2.33 bits per heavy atom. The molecule has 1 heterocycles. The maximum Gasteiger partial charge on any atom is 0.329 e. The van der Waals surface area contributed by atoms with E-state index in [0.717, 1.165) is 5.56 Å². The van der Waals surface area contributed by atoms with E-state index in [1.165, 1.54) is 6.07 Å². The Bertz CT molecular complexity index is 1000. The maximum atomic E-state index is 12.6. The standard InChI is InChI=1S/C22H21N3O5/c1-15-12-19(25-30-15)24-20(26)14-29-22(28)18(13-16-8-4-2-5-9-16)23-21(27)17-10-6-3-7-11-17/h2-12,18H,13-14H2,1H3,(H,23,27)(H,24,25,26)/t18-/m0/s1. The number of nitrogens with one attached hydrogen (secondary N) is 2. The van der Waals surface area contributed by atoms with E-state index in [4.69, 9.17) is 9.26 Å². The van der Waals surface area contributed by atoms with Crippen molar-refractivity contribution in [2.24, 2.45) is 0 Å². The number of hydrogen-bond acceptors (Lipinski definition) is 6. The number of rotatable bonds is 8. The predicted octanol–water partition coefficient (Wildman–Crippen LogP) is 2.51. The van der Waals surface area contributed by atoms with Gasteiger partial charge in [-0.15, -0.1) is 0 Å². The molecule has 30 heavy (non-hydrogen) atoms. The maximum absolute atomic E-state index is 12.6. The molecule has 0 aliphatic heterocycles. The van der Waals surface area contributed by atoms with Crippen LogP contribution in [-0.2, 0) is 20.7 Å². The lowest BCUT2D eigenvalue weighted by Crippen LogP contribution is -2.44. The van der Waals surface area contributed by atoms with Gasteiger partial charge in [-0.3, -0.25) is 9.59 Å². The molecule has 8 heteroatoms. The van der Waals surface area contributed by atoms with Crippen LogP contribution in [0.15, 0.2) is 71.3 Å². The molecule has 0 bridgehead atoms. The van der Waals surface area contributed by atoms with Crippen LogP contribution in [0.3, 0.4) is 0 Å². The van der Waals surface area contributed by atoms with Crippen molar-refractivity contribution < 1.29 is 23.6 Å². The molecular weight excluding hydrogens is 386 g/mol. The van der Waals surface area contributed by atoms with E-state index < -0.39 is 30.4 Å². The minimum atomic E-state index is -0.956. The molecule has 0 unspecified atom stereocenters. The third-order valence-electron chi connectivity index (χ3n) is 4.15. The lowest BCUT2D eigenvalue weighted by Gasteiger charge is -2.18. The van der Waals surface area contributed by atoms with E-state index in [-0.39, 0.29) is 12.2 Å². The number of aromatic nitrogens is 1. The van der Waals surface area contributed by atoms with Gasteiger partial charge in [0.15, 0.2) is 12.4 Å². The summed E-state index contributed by atoms with van der Waals surface area (Å²) in [5.74, 6) is -0.921. The second kappa shape index (κ2) is 10.0. The summed E-state index contributed by atoms with van der Waals surface area (Å²) < 4.78 is 9.99. The smallest absolute Gasteiger partial charge is 0.329 e. The number of anilines is 1. The first kappa shape index (κ1) is 20.8. The van der Waals surface area contributed by atoms with Crippen molar-refractivity contribution in [1.29, 1.82) is 0 Å². The van der Waals surface area contributed by atoms with Gasteiger partial charge in [-0.25, -0.2) is 4.79 Å². The number of amides is 2. The molecule has 0 aliphatic carbocycles. The first-order chi connectivity index (χ1) is 14.5. The van der Waals surface area contributed by atoms with E-state index in [1.54, 1.807) is 37.3 Å². The van der Waals surface area contributed by atoms with E-state index in [9.17, 15) is 14.4 Å². The number of nitrogens with zero attached hydrogens (tertiary/aromatic N) is 1. The summed E-state index contributed by atoms with van der Waals surface area (Å²) in [6.45, 7) is 1.17. The van der Waals surface area contributed by atoms with Gasteiger partial charge in [0.25, 0.3) is 11.8 Å². The van der Waals surface area contributed by atoms with E-state index in [0.29, 0.717) is 11.3 Å². The average Bonchev–Trinajstić information content (AvgIpc) is 3.17. The Labute approximate surface area is 173 Å². The number of hydrogen-bond donors (Lipinski definition) is 2. The van der Waals surface area contributed by atoms with E-state index in [2.05, 4.69) is 15.8 Å². The summed E-state index contributed by atoms with van der Waals surface area (Å²) >= 11 is 0. The zero-order valence-electron chi connectivity index (χ0n) is 16.3. The molecule has 0 fully saturated rings. The van der Waals surface area contributed by atoms with Gasteiger partial charge in [0.05, 0.1) is 0 Å². The Balaban J connectivity index is 1.63. The molecule has 2 N–H and O–H groups in total. The fourth-order valence-corrected chi connectivity index (χ4v) is 2.72. The summed E-state index contributed by atoms with van der Waals surface area (Å²) in [6.07, 6.45) is 0.225. The van der Waals surface area contributed by atoms with Gasteiger partial charge in [0.1, 0.15) is 11.8 Å². The van der Waals surface area contributed by atoms with Crippen molar-refractivity contribution in [3.8, 4) is 0 Å². The van der Waals surface area contributed by atoms with Gasteiger partial charge in [-0.05, 0) is 24.6 Å². The molecule has 0 saturated carbocycles. The highest BCUT2D eigenvalue weighted by molar-refractivity contribution is 5.97. The molecule has 8 nitrogen and oxygen atoms in total. The molecule has 3 aromatic rings. The minimum absolute atomic E-state index is 0.225. The van der Waals surface area contributed by atoms with Crippen LogP contribution in [-0.4, -0.2) is 35.6 Å². The summed E-state index contributed by atoms with van der Waals surface area (Å²) in [7, 11) is 0. The van der Waals surface area contributed by atoms with Crippen molar-refractivity contribution in [3.05, 3.63) is 83.6 Å². The third kappa shape index (κ3) is 6.03. The number of benzene rings is 2. The van der Waals surface area contributed by atoms with Crippen molar-refractivity contribution in [2.75, 3.05) is 11.9 Å². The Morgan fingerprint density at radius 1 is 1.03 bits per heavy atom. The highest BCUT2D eigenvalue weighted by Gasteiger charge is 2.24. The van der Waals surface area contributed by atoms with Gasteiger partial charge < -0.3 is 19.9 Å². The van der Waals surface area contributed by atoms with E-state index in [1.807, 2.05) is 30.3 Å². The first-order valence-corrected chi connectivity index (χ1v) is 9.31. The topological polar surface area (TPSA) is 111 Å². The summed E-state index contributed by atoms with van der Waals surface area (Å²) in [4.78, 5) is 37.1. The van der Waals surface area contributed by atoms with Crippen LogP contribution in [0, 0.1) is 6.92 Å². The normalized spacial score (nSPS) is 11.4. The number of aryl methyl sites for hydroxylation is 1. The minimum Gasteiger partial charge on any atom is -0.454 e. The Morgan fingerprint density at radius 2 is 1.70 bits per heavy atom. The monoisotopic (exact) mass is 407 g/mol. The van der Waals surface area contributed by atoms with E-state index >= 15 is 0 Å². The highest BCUT2D eigenvalue weighted by atomic mass is 16.5. The van der Waals surface area contributed by atoms with Gasteiger partial charge in [-0.2, -0.15) is 0 Å². The molecule has 154 valence electrons. The van der Waals surface area contributed by atoms with Crippen LogP contribution in [0.25, 0.3) is 0 Å². The van der Waals surface area contributed by atoms with Crippen molar-refractivity contribution in [1.82, 2.24) is 10.5 Å². The van der Waals surface area contributed by atoms with Gasteiger partial charge in [0, 0.05) is 18.1 Å². The zero-order chi connectivity index (χ0) is 21.3. The highest BCUT2D eigenvalue weighted by Crippen LogP contribution is 2.08. The van der Waals surface area contributed by atoms with Gasteiger partial charge in [-0.1, -0.05) is 53.7 Å². The predicted molar refractivity (Wildman–Crippen MR) is 109 cm³/mol. The lowest BCUT2D eigenvalue weighted by atomic mass is 10.1. The molecule has 3 rings (SSSR count). The molecule has 0 radical (unpaired) electrons.